The summed E-state index contributed by atoms with van der Waals surface area (Å²) in [6.45, 7) is 5.84. The molecule has 0 aromatic carbocycles. The lowest BCUT2D eigenvalue weighted by Crippen LogP contribution is -2.46. The van der Waals surface area contributed by atoms with Crippen molar-refractivity contribution < 1.29 is 9.53 Å². The zero-order valence-corrected chi connectivity index (χ0v) is 13.0. The normalized spacial score (nSPS) is 18.9. The minimum absolute atomic E-state index is 0.0425. The topological polar surface area (TPSA) is 67.3 Å². The summed E-state index contributed by atoms with van der Waals surface area (Å²) in [6.07, 6.45) is 3.78. The maximum atomic E-state index is 11.9. The van der Waals surface area contributed by atoms with Crippen LogP contribution in [0.25, 0.3) is 0 Å². The number of carbonyl (C=O) groups excluding carboxylic acids is 1. The van der Waals surface area contributed by atoms with E-state index in [1.54, 1.807) is 13.3 Å². The average Bonchev–Trinajstić information content (AvgIpc) is 2.48. The van der Waals surface area contributed by atoms with E-state index in [9.17, 15) is 4.79 Å². The molecule has 1 saturated heterocycles. The number of methoxy groups -OCH3 is 1. The third-order valence-corrected chi connectivity index (χ3v) is 3.64. The first-order valence-electron chi connectivity index (χ1n) is 7.46. The van der Waals surface area contributed by atoms with Gasteiger partial charge in [0.05, 0.1) is 0 Å². The van der Waals surface area contributed by atoms with Crippen molar-refractivity contribution in [2.24, 2.45) is 0 Å². The molecule has 1 atom stereocenters. The lowest BCUT2D eigenvalue weighted by Gasteiger charge is -2.33. The molecule has 1 aromatic heterocycles. The summed E-state index contributed by atoms with van der Waals surface area (Å²) in [5, 5.41) is 3.35. The molecular formula is C15H24N4O2. The summed E-state index contributed by atoms with van der Waals surface area (Å²) in [5.41, 5.74) is 1.02. The van der Waals surface area contributed by atoms with Gasteiger partial charge in [0, 0.05) is 38.1 Å². The Hall–Kier alpha value is -1.69. The van der Waals surface area contributed by atoms with Crippen molar-refractivity contribution in [3.05, 3.63) is 18.0 Å². The van der Waals surface area contributed by atoms with Crippen molar-refractivity contribution in [3.63, 3.8) is 0 Å². The molecule has 2 rings (SSSR count). The van der Waals surface area contributed by atoms with Gasteiger partial charge < -0.3 is 15.0 Å². The first-order chi connectivity index (χ1) is 10.1. The van der Waals surface area contributed by atoms with E-state index in [4.69, 9.17) is 4.74 Å². The van der Waals surface area contributed by atoms with E-state index in [-0.39, 0.29) is 18.6 Å². The second-order valence-corrected chi connectivity index (χ2v) is 5.72. The lowest BCUT2D eigenvalue weighted by atomic mass is 10.1. The van der Waals surface area contributed by atoms with Crippen LogP contribution in [-0.4, -0.2) is 53.6 Å². The highest BCUT2D eigenvalue weighted by Gasteiger charge is 2.23. The minimum Gasteiger partial charge on any atom is -0.375 e. The number of nitrogens with zero attached hydrogens (tertiary/aromatic N) is 3. The highest BCUT2D eigenvalue weighted by atomic mass is 16.5. The summed E-state index contributed by atoms with van der Waals surface area (Å²) >= 11 is 0. The SMILES string of the molecule is COCC(=O)N1CCC[C@@H](Nc2nccc(C(C)C)n2)C1. The zero-order valence-electron chi connectivity index (χ0n) is 13.0. The number of anilines is 1. The largest absolute Gasteiger partial charge is 0.375 e. The number of likely N-dealkylation sites (tertiary alicyclic amines) is 1. The van der Waals surface area contributed by atoms with E-state index in [0.29, 0.717) is 18.4 Å². The number of piperidine rings is 1. The molecule has 21 heavy (non-hydrogen) atoms. The van der Waals surface area contributed by atoms with Crippen molar-refractivity contribution in [1.82, 2.24) is 14.9 Å². The second-order valence-electron chi connectivity index (χ2n) is 5.72. The van der Waals surface area contributed by atoms with Crippen molar-refractivity contribution in [2.45, 2.75) is 38.6 Å². The molecule has 116 valence electrons. The zero-order chi connectivity index (χ0) is 15.2. The van der Waals surface area contributed by atoms with Crippen molar-refractivity contribution in [2.75, 3.05) is 32.1 Å². The summed E-state index contributed by atoms with van der Waals surface area (Å²) < 4.78 is 4.92. The van der Waals surface area contributed by atoms with Crippen LogP contribution < -0.4 is 5.32 Å². The molecule has 0 unspecified atom stereocenters. The van der Waals surface area contributed by atoms with Crippen LogP contribution in [0.1, 0.15) is 38.3 Å². The van der Waals surface area contributed by atoms with E-state index < -0.39 is 0 Å². The number of nitrogens with one attached hydrogen (secondary N) is 1. The maximum Gasteiger partial charge on any atom is 0.248 e. The van der Waals surface area contributed by atoms with Gasteiger partial charge in [-0.3, -0.25) is 4.79 Å². The molecule has 0 bridgehead atoms. The Morgan fingerprint density at radius 2 is 2.38 bits per heavy atom. The average molecular weight is 292 g/mol. The first kappa shape index (κ1) is 15.7. The standard InChI is InChI=1S/C15H24N4O2/c1-11(2)13-6-7-16-15(18-13)17-12-5-4-8-19(9-12)14(20)10-21-3/h6-7,11-12H,4-5,8-10H2,1-3H3,(H,16,17,18)/t12-/m1/s1. The van der Waals surface area contributed by atoms with Crippen LogP contribution in [0.2, 0.25) is 0 Å². The van der Waals surface area contributed by atoms with Gasteiger partial charge in [-0.25, -0.2) is 9.97 Å². The van der Waals surface area contributed by atoms with Gasteiger partial charge in [-0.2, -0.15) is 0 Å². The molecule has 0 radical (unpaired) electrons. The second kappa shape index (κ2) is 7.36. The van der Waals surface area contributed by atoms with Crippen molar-refractivity contribution in [3.8, 4) is 0 Å². The van der Waals surface area contributed by atoms with E-state index in [2.05, 4.69) is 29.1 Å². The van der Waals surface area contributed by atoms with Crippen LogP contribution in [0.4, 0.5) is 5.95 Å². The smallest absolute Gasteiger partial charge is 0.248 e. The molecular weight excluding hydrogens is 268 g/mol. The third kappa shape index (κ3) is 4.39. The fourth-order valence-corrected chi connectivity index (χ4v) is 2.48. The molecule has 0 saturated carbocycles. The lowest BCUT2D eigenvalue weighted by molar-refractivity contribution is -0.136. The molecule has 2 heterocycles. The maximum absolute atomic E-state index is 11.9. The van der Waals surface area contributed by atoms with Crippen molar-refractivity contribution in [1.29, 1.82) is 0 Å². The molecule has 1 amide bonds. The molecule has 1 N–H and O–H groups in total. The summed E-state index contributed by atoms with van der Waals surface area (Å²) in [6, 6.07) is 2.13. The predicted molar refractivity (Wildman–Crippen MR) is 81.2 cm³/mol. The van der Waals surface area contributed by atoms with Crippen LogP contribution >= 0.6 is 0 Å². The van der Waals surface area contributed by atoms with E-state index >= 15 is 0 Å². The van der Waals surface area contributed by atoms with Crippen molar-refractivity contribution >= 4 is 11.9 Å². The molecule has 1 aliphatic heterocycles. The van der Waals surface area contributed by atoms with Gasteiger partial charge in [-0.15, -0.1) is 0 Å². The molecule has 1 aliphatic rings. The number of hydrogen-bond acceptors (Lipinski definition) is 5. The van der Waals surface area contributed by atoms with Crippen LogP contribution in [0.15, 0.2) is 12.3 Å². The summed E-state index contributed by atoms with van der Waals surface area (Å²) in [7, 11) is 1.54. The van der Waals surface area contributed by atoms with Gasteiger partial charge in [-0.05, 0) is 24.8 Å². The Balaban J connectivity index is 1.96. The Labute approximate surface area is 125 Å². The number of rotatable bonds is 5. The number of amides is 1. The van der Waals surface area contributed by atoms with E-state index in [1.165, 1.54) is 0 Å². The molecule has 6 nitrogen and oxygen atoms in total. The molecule has 0 aliphatic carbocycles. The summed E-state index contributed by atoms with van der Waals surface area (Å²) in [5.74, 6) is 1.06. The number of aromatic nitrogens is 2. The number of carbonyl (C=O) groups is 1. The Kier molecular flexibility index (Phi) is 5.50. The Bertz CT molecular complexity index is 478. The van der Waals surface area contributed by atoms with Gasteiger partial charge in [0.25, 0.3) is 0 Å². The fraction of sp³-hybridized carbons (Fsp3) is 0.667. The fourth-order valence-electron chi connectivity index (χ4n) is 2.48. The molecule has 1 fully saturated rings. The van der Waals surface area contributed by atoms with Gasteiger partial charge >= 0.3 is 0 Å². The quantitative estimate of drug-likeness (QED) is 0.894. The van der Waals surface area contributed by atoms with Crippen LogP contribution in [0.3, 0.4) is 0 Å². The van der Waals surface area contributed by atoms with Crippen LogP contribution in [-0.2, 0) is 9.53 Å². The van der Waals surface area contributed by atoms with Crippen LogP contribution in [0, 0.1) is 0 Å². The van der Waals surface area contributed by atoms with Gasteiger partial charge in [0.1, 0.15) is 6.61 Å². The number of hydrogen-bond donors (Lipinski definition) is 1. The Morgan fingerprint density at radius 1 is 1.57 bits per heavy atom. The van der Waals surface area contributed by atoms with Gasteiger partial charge in [0.15, 0.2) is 0 Å². The summed E-state index contributed by atoms with van der Waals surface area (Å²) in [4.78, 5) is 22.5. The molecule has 1 aromatic rings. The van der Waals surface area contributed by atoms with Gasteiger partial charge in [-0.1, -0.05) is 13.8 Å². The highest BCUT2D eigenvalue weighted by Crippen LogP contribution is 2.16. The number of ether oxygens (including phenoxy) is 1. The van der Waals surface area contributed by atoms with E-state index in [0.717, 1.165) is 25.1 Å². The Morgan fingerprint density at radius 3 is 3.10 bits per heavy atom. The third-order valence-electron chi connectivity index (χ3n) is 3.64. The predicted octanol–water partition coefficient (Wildman–Crippen LogP) is 1.65. The first-order valence-corrected chi connectivity index (χ1v) is 7.46. The molecule has 0 spiro atoms. The monoisotopic (exact) mass is 292 g/mol. The highest BCUT2D eigenvalue weighted by molar-refractivity contribution is 5.77. The molecule has 6 heteroatoms. The van der Waals surface area contributed by atoms with Crippen LogP contribution in [0.5, 0.6) is 0 Å². The van der Waals surface area contributed by atoms with E-state index in [1.807, 2.05) is 11.0 Å². The minimum atomic E-state index is 0.0425. The van der Waals surface area contributed by atoms with Gasteiger partial charge in [0.2, 0.25) is 11.9 Å².